The molecule has 1 fully saturated rings. The van der Waals surface area contributed by atoms with Crippen LogP contribution in [0.15, 0.2) is 0 Å². The zero-order chi connectivity index (χ0) is 14.5. The molecule has 0 aliphatic heterocycles. The van der Waals surface area contributed by atoms with E-state index in [1.807, 2.05) is 0 Å². The summed E-state index contributed by atoms with van der Waals surface area (Å²) in [7, 11) is -3.13. The highest BCUT2D eigenvalue weighted by atomic mass is 32.2. The van der Waals surface area contributed by atoms with Crippen LogP contribution in [0.25, 0.3) is 0 Å². The highest BCUT2D eigenvalue weighted by Gasteiger charge is 2.29. The van der Waals surface area contributed by atoms with Crippen molar-refractivity contribution < 1.29 is 8.42 Å². The first kappa shape index (κ1) is 16.9. The van der Waals surface area contributed by atoms with Crippen LogP contribution in [0.1, 0.15) is 53.4 Å². The van der Waals surface area contributed by atoms with Crippen LogP contribution < -0.4 is 10.0 Å². The van der Waals surface area contributed by atoms with Crippen LogP contribution in [-0.4, -0.2) is 32.8 Å². The molecular weight excluding hydrogens is 260 g/mol. The summed E-state index contributed by atoms with van der Waals surface area (Å²) in [5.41, 5.74) is 0. The Bertz CT molecular complexity index is 354. The van der Waals surface area contributed by atoms with Gasteiger partial charge in [-0.25, -0.2) is 13.1 Å². The van der Waals surface area contributed by atoms with Gasteiger partial charge in [0, 0.05) is 12.1 Å². The van der Waals surface area contributed by atoms with Gasteiger partial charge in [0.15, 0.2) is 0 Å². The van der Waals surface area contributed by atoms with Gasteiger partial charge in [0.2, 0.25) is 10.0 Å². The third-order valence-electron chi connectivity index (χ3n) is 4.18. The Kier molecular flexibility index (Phi) is 6.77. The van der Waals surface area contributed by atoms with E-state index in [0.29, 0.717) is 24.3 Å². The van der Waals surface area contributed by atoms with Crippen LogP contribution in [0.4, 0.5) is 0 Å². The zero-order valence-electron chi connectivity index (χ0n) is 12.8. The van der Waals surface area contributed by atoms with Gasteiger partial charge in [0.1, 0.15) is 0 Å². The Balaban J connectivity index is 2.37. The molecule has 19 heavy (non-hydrogen) atoms. The molecule has 114 valence electrons. The number of nitrogens with one attached hydrogen (secondary N) is 2. The normalized spacial score (nSPS) is 28.8. The van der Waals surface area contributed by atoms with E-state index < -0.39 is 10.0 Å². The van der Waals surface area contributed by atoms with Crippen LogP contribution in [0.3, 0.4) is 0 Å². The van der Waals surface area contributed by atoms with Gasteiger partial charge in [-0.2, -0.15) is 0 Å². The second-order valence-electron chi connectivity index (χ2n) is 6.27. The summed E-state index contributed by atoms with van der Waals surface area (Å²) in [6, 6.07) is 0.543. The Morgan fingerprint density at radius 3 is 2.53 bits per heavy atom. The summed E-state index contributed by atoms with van der Waals surface area (Å²) in [5, 5.41) is 3.25. The monoisotopic (exact) mass is 290 g/mol. The van der Waals surface area contributed by atoms with Gasteiger partial charge in [-0.3, -0.25) is 0 Å². The number of hydrogen-bond acceptors (Lipinski definition) is 3. The van der Waals surface area contributed by atoms with Crippen LogP contribution in [-0.2, 0) is 10.0 Å². The molecule has 1 aliphatic rings. The lowest BCUT2D eigenvalue weighted by atomic mass is 9.78. The zero-order valence-corrected chi connectivity index (χ0v) is 13.6. The van der Waals surface area contributed by atoms with E-state index in [2.05, 4.69) is 37.7 Å². The molecule has 0 radical (unpaired) electrons. The molecule has 5 heteroatoms. The van der Waals surface area contributed by atoms with Gasteiger partial charge in [0.25, 0.3) is 0 Å². The molecule has 1 aliphatic carbocycles. The summed E-state index contributed by atoms with van der Waals surface area (Å²) in [6.07, 6.45) is 4.00. The van der Waals surface area contributed by atoms with Crippen molar-refractivity contribution in [1.29, 1.82) is 0 Å². The molecule has 0 amide bonds. The Hall–Kier alpha value is -0.130. The molecule has 4 nitrogen and oxygen atoms in total. The molecule has 0 spiro atoms. The van der Waals surface area contributed by atoms with Crippen LogP contribution >= 0.6 is 0 Å². The number of rotatable bonds is 7. The SMILES string of the molecule is CC(C)NCCCS(=O)(=O)NC1CCCC(C)C1C. The minimum Gasteiger partial charge on any atom is -0.314 e. The molecule has 3 unspecified atom stereocenters. The van der Waals surface area contributed by atoms with Crippen molar-refractivity contribution in [3.05, 3.63) is 0 Å². The van der Waals surface area contributed by atoms with Crippen molar-refractivity contribution in [3.63, 3.8) is 0 Å². The smallest absolute Gasteiger partial charge is 0.211 e. The van der Waals surface area contributed by atoms with Crippen molar-refractivity contribution >= 4 is 10.0 Å². The van der Waals surface area contributed by atoms with E-state index in [1.165, 1.54) is 6.42 Å². The summed E-state index contributed by atoms with van der Waals surface area (Å²) in [6.45, 7) is 9.28. The van der Waals surface area contributed by atoms with E-state index in [0.717, 1.165) is 19.4 Å². The van der Waals surface area contributed by atoms with Crippen molar-refractivity contribution in [1.82, 2.24) is 10.0 Å². The lowest BCUT2D eigenvalue weighted by Crippen LogP contribution is -2.44. The van der Waals surface area contributed by atoms with E-state index in [9.17, 15) is 8.42 Å². The maximum Gasteiger partial charge on any atom is 0.211 e. The van der Waals surface area contributed by atoms with Crippen molar-refractivity contribution in [2.45, 2.75) is 65.5 Å². The molecule has 0 aromatic carbocycles. The van der Waals surface area contributed by atoms with Crippen LogP contribution in [0.5, 0.6) is 0 Å². The third-order valence-corrected chi connectivity index (χ3v) is 5.67. The molecule has 0 bridgehead atoms. The average molecular weight is 290 g/mol. The van der Waals surface area contributed by atoms with E-state index in [1.54, 1.807) is 0 Å². The van der Waals surface area contributed by atoms with Gasteiger partial charge < -0.3 is 5.32 Å². The number of sulfonamides is 1. The molecule has 0 aromatic rings. The Morgan fingerprint density at radius 2 is 1.89 bits per heavy atom. The Morgan fingerprint density at radius 1 is 1.21 bits per heavy atom. The second-order valence-corrected chi connectivity index (χ2v) is 8.15. The van der Waals surface area contributed by atoms with Crippen LogP contribution in [0, 0.1) is 11.8 Å². The Labute approximate surface area is 118 Å². The van der Waals surface area contributed by atoms with Crippen molar-refractivity contribution in [2.24, 2.45) is 11.8 Å². The molecule has 0 aromatic heterocycles. The highest BCUT2D eigenvalue weighted by Crippen LogP contribution is 2.29. The quantitative estimate of drug-likeness (QED) is 0.706. The molecule has 2 N–H and O–H groups in total. The van der Waals surface area contributed by atoms with E-state index >= 15 is 0 Å². The molecule has 1 rings (SSSR count). The van der Waals surface area contributed by atoms with Gasteiger partial charge in [-0.05, 0) is 31.2 Å². The molecule has 0 saturated heterocycles. The topological polar surface area (TPSA) is 58.2 Å². The summed E-state index contributed by atoms with van der Waals surface area (Å²) in [5.74, 6) is 1.28. The van der Waals surface area contributed by atoms with E-state index in [-0.39, 0.29) is 11.8 Å². The standard InChI is InChI=1S/C14H30N2O2S/c1-11(2)15-9-6-10-19(17,18)16-14-8-5-7-12(3)13(14)4/h11-16H,5-10H2,1-4H3. The minimum absolute atomic E-state index is 0.131. The van der Waals surface area contributed by atoms with Crippen LogP contribution in [0.2, 0.25) is 0 Å². The van der Waals surface area contributed by atoms with Gasteiger partial charge in [-0.15, -0.1) is 0 Å². The summed E-state index contributed by atoms with van der Waals surface area (Å²) in [4.78, 5) is 0. The highest BCUT2D eigenvalue weighted by molar-refractivity contribution is 7.89. The predicted molar refractivity (Wildman–Crippen MR) is 80.6 cm³/mol. The molecular formula is C14H30N2O2S. The lowest BCUT2D eigenvalue weighted by molar-refractivity contribution is 0.227. The third kappa shape index (κ3) is 6.23. The molecule has 3 atom stereocenters. The van der Waals surface area contributed by atoms with E-state index in [4.69, 9.17) is 0 Å². The fraction of sp³-hybridized carbons (Fsp3) is 1.00. The summed E-state index contributed by atoms with van der Waals surface area (Å²) >= 11 is 0. The molecule has 1 saturated carbocycles. The van der Waals surface area contributed by atoms with Crippen molar-refractivity contribution in [3.8, 4) is 0 Å². The fourth-order valence-corrected chi connectivity index (χ4v) is 4.13. The van der Waals surface area contributed by atoms with Crippen molar-refractivity contribution in [2.75, 3.05) is 12.3 Å². The summed E-state index contributed by atoms with van der Waals surface area (Å²) < 4.78 is 27.0. The predicted octanol–water partition coefficient (Wildman–Crippen LogP) is 2.12. The largest absolute Gasteiger partial charge is 0.314 e. The maximum absolute atomic E-state index is 12.1. The van der Waals surface area contributed by atoms with Gasteiger partial charge >= 0.3 is 0 Å². The number of hydrogen-bond donors (Lipinski definition) is 2. The van der Waals surface area contributed by atoms with Gasteiger partial charge in [0.05, 0.1) is 5.75 Å². The van der Waals surface area contributed by atoms with Gasteiger partial charge in [-0.1, -0.05) is 40.5 Å². The fourth-order valence-electron chi connectivity index (χ4n) is 2.69. The first-order valence-electron chi connectivity index (χ1n) is 7.55. The first-order chi connectivity index (χ1) is 8.82. The second kappa shape index (κ2) is 7.60. The minimum atomic E-state index is -3.13. The molecule has 0 heterocycles. The maximum atomic E-state index is 12.1. The average Bonchev–Trinajstić information content (AvgIpc) is 2.30. The first-order valence-corrected chi connectivity index (χ1v) is 9.20. The lowest BCUT2D eigenvalue weighted by Gasteiger charge is -2.34.